The second-order valence-electron chi connectivity index (χ2n) is 5.46. The Labute approximate surface area is 154 Å². The quantitative estimate of drug-likeness (QED) is 0.732. The Morgan fingerprint density at radius 1 is 1.20 bits per heavy atom. The fraction of sp³-hybridized carbons (Fsp3) is 0.111. The van der Waals surface area contributed by atoms with Gasteiger partial charge in [0.1, 0.15) is 17.7 Å². The van der Waals surface area contributed by atoms with Gasteiger partial charge in [0.15, 0.2) is 0 Å². The molecule has 1 aromatic heterocycles. The number of imidazole rings is 1. The van der Waals surface area contributed by atoms with E-state index in [2.05, 4.69) is 10.3 Å². The number of carbonyl (C=O) groups excluding carboxylic acids is 1. The fourth-order valence-electron chi connectivity index (χ4n) is 2.50. The molecule has 0 fully saturated rings. The molecule has 3 aromatic rings. The minimum atomic E-state index is -0.567. The van der Waals surface area contributed by atoms with Gasteiger partial charge < -0.3 is 9.88 Å². The van der Waals surface area contributed by atoms with Crippen LogP contribution in [0.1, 0.15) is 27.8 Å². The lowest BCUT2D eigenvalue weighted by Crippen LogP contribution is -2.31. The molecule has 0 saturated heterocycles. The van der Waals surface area contributed by atoms with Crippen LogP contribution in [0.5, 0.6) is 0 Å². The van der Waals surface area contributed by atoms with Gasteiger partial charge in [0, 0.05) is 19.4 Å². The summed E-state index contributed by atoms with van der Waals surface area (Å²) >= 11 is 12.1. The predicted molar refractivity (Wildman–Crippen MR) is 95.4 cm³/mol. The van der Waals surface area contributed by atoms with E-state index in [9.17, 15) is 9.18 Å². The molecule has 1 N–H and O–H groups in total. The van der Waals surface area contributed by atoms with Crippen LogP contribution in [0.3, 0.4) is 0 Å². The normalized spacial score (nSPS) is 12.0. The average molecular weight is 378 g/mol. The van der Waals surface area contributed by atoms with Crippen LogP contribution in [0.15, 0.2) is 54.9 Å². The van der Waals surface area contributed by atoms with Crippen molar-refractivity contribution in [1.29, 1.82) is 0 Å². The van der Waals surface area contributed by atoms with Gasteiger partial charge in [0.25, 0.3) is 5.91 Å². The van der Waals surface area contributed by atoms with Crippen LogP contribution in [-0.4, -0.2) is 15.5 Å². The molecule has 0 aliphatic heterocycles. The van der Waals surface area contributed by atoms with Crippen molar-refractivity contribution in [3.05, 3.63) is 87.7 Å². The van der Waals surface area contributed by atoms with Crippen molar-refractivity contribution in [1.82, 2.24) is 14.9 Å². The van der Waals surface area contributed by atoms with Gasteiger partial charge in [-0.3, -0.25) is 4.79 Å². The first-order valence-electron chi connectivity index (χ1n) is 7.45. The Morgan fingerprint density at radius 2 is 1.92 bits per heavy atom. The van der Waals surface area contributed by atoms with Gasteiger partial charge in [-0.05, 0) is 29.8 Å². The van der Waals surface area contributed by atoms with Crippen molar-refractivity contribution in [3.8, 4) is 0 Å². The highest BCUT2D eigenvalue weighted by Gasteiger charge is 2.23. The van der Waals surface area contributed by atoms with Crippen LogP contribution in [0.4, 0.5) is 4.39 Å². The van der Waals surface area contributed by atoms with Crippen LogP contribution in [0.2, 0.25) is 10.0 Å². The molecule has 25 heavy (non-hydrogen) atoms. The van der Waals surface area contributed by atoms with Gasteiger partial charge in [-0.1, -0.05) is 41.4 Å². The predicted octanol–water partition coefficient (Wildman–Crippen LogP) is 4.39. The molecule has 0 bridgehead atoms. The molecule has 0 aliphatic carbocycles. The largest absolute Gasteiger partial charge is 0.338 e. The number of amides is 1. The summed E-state index contributed by atoms with van der Waals surface area (Å²) in [7, 11) is 1.82. The molecule has 3 rings (SSSR count). The zero-order valence-corrected chi connectivity index (χ0v) is 14.7. The van der Waals surface area contributed by atoms with Crippen molar-refractivity contribution in [2.45, 2.75) is 6.04 Å². The fourth-order valence-corrected chi connectivity index (χ4v) is 2.88. The Balaban J connectivity index is 1.98. The number of aryl methyl sites for hydroxylation is 1. The van der Waals surface area contributed by atoms with Gasteiger partial charge in [-0.2, -0.15) is 0 Å². The van der Waals surface area contributed by atoms with Crippen molar-refractivity contribution in [3.63, 3.8) is 0 Å². The standard InChI is InChI=1S/C18H14Cl2FN3O/c1-24-10-9-22-17(24)16(11-5-7-12(21)8-6-11)23-18(25)13-3-2-4-14(19)15(13)20/h2-10,16H,1H3,(H,23,25)/t16-/m1/s1. The third-order valence-electron chi connectivity index (χ3n) is 3.79. The number of hydrogen-bond acceptors (Lipinski definition) is 2. The summed E-state index contributed by atoms with van der Waals surface area (Å²) in [5, 5.41) is 3.37. The maximum atomic E-state index is 13.3. The molecule has 128 valence electrons. The van der Waals surface area contributed by atoms with Crippen LogP contribution in [0, 0.1) is 5.82 Å². The smallest absolute Gasteiger partial charge is 0.253 e. The first kappa shape index (κ1) is 17.5. The molecule has 7 heteroatoms. The monoisotopic (exact) mass is 377 g/mol. The molecule has 1 amide bonds. The zero-order chi connectivity index (χ0) is 18.0. The number of rotatable bonds is 4. The maximum Gasteiger partial charge on any atom is 0.253 e. The van der Waals surface area contributed by atoms with E-state index >= 15 is 0 Å². The summed E-state index contributed by atoms with van der Waals surface area (Å²) in [6.07, 6.45) is 3.40. The minimum Gasteiger partial charge on any atom is -0.338 e. The summed E-state index contributed by atoms with van der Waals surface area (Å²) in [5.41, 5.74) is 0.956. The first-order valence-corrected chi connectivity index (χ1v) is 8.20. The summed E-state index contributed by atoms with van der Waals surface area (Å²) in [5.74, 6) is -0.144. The topological polar surface area (TPSA) is 46.9 Å². The molecule has 0 spiro atoms. The highest BCUT2D eigenvalue weighted by molar-refractivity contribution is 6.43. The van der Waals surface area contributed by atoms with Crippen LogP contribution in [0.25, 0.3) is 0 Å². The second kappa shape index (κ2) is 7.25. The minimum absolute atomic E-state index is 0.180. The van der Waals surface area contributed by atoms with Gasteiger partial charge in [-0.25, -0.2) is 9.37 Å². The zero-order valence-electron chi connectivity index (χ0n) is 13.2. The molecule has 0 unspecified atom stereocenters. The van der Waals surface area contributed by atoms with Crippen LogP contribution < -0.4 is 5.32 Å². The SMILES string of the molecule is Cn1ccnc1[C@H](NC(=O)c1cccc(Cl)c1Cl)c1ccc(F)cc1. The van der Waals surface area contributed by atoms with E-state index < -0.39 is 11.9 Å². The molecule has 0 saturated carbocycles. The number of hydrogen-bond donors (Lipinski definition) is 1. The van der Waals surface area contributed by atoms with Crippen molar-refractivity contribution in [2.75, 3.05) is 0 Å². The summed E-state index contributed by atoms with van der Waals surface area (Å²) in [6, 6.07) is 10.2. The summed E-state index contributed by atoms with van der Waals surface area (Å²) in [6.45, 7) is 0. The lowest BCUT2D eigenvalue weighted by Gasteiger charge is -2.19. The number of halogens is 3. The van der Waals surface area contributed by atoms with E-state index in [0.717, 1.165) is 0 Å². The molecule has 2 aromatic carbocycles. The lowest BCUT2D eigenvalue weighted by molar-refractivity contribution is 0.0941. The number of benzene rings is 2. The van der Waals surface area contributed by atoms with Gasteiger partial charge >= 0.3 is 0 Å². The summed E-state index contributed by atoms with van der Waals surface area (Å²) in [4.78, 5) is 17.0. The van der Waals surface area contributed by atoms with E-state index in [1.807, 2.05) is 7.05 Å². The molecular formula is C18H14Cl2FN3O. The number of nitrogens with zero attached hydrogens (tertiary/aromatic N) is 2. The number of aromatic nitrogens is 2. The third-order valence-corrected chi connectivity index (χ3v) is 4.61. The molecule has 4 nitrogen and oxygen atoms in total. The molecule has 0 radical (unpaired) electrons. The van der Waals surface area contributed by atoms with E-state index in [0.29, 0.717) is 16.4 Å². The van der Waals surface area contributed by atoms with Gasteiger partial charge in [0.2, 0.25) is 0 Å². The summed E-state index contributed by atoms with van der Waals surface area (Å²) < 4.78 is 15.0. The first-order chi connectivity index (χ1) is 12.0. The van der Waals surface area contributed by atoms with Crippen LogP contribution >= 0.6 is 23.2 Å². The Bertz CT molecular complexity index is 909. The van der Waals surface area contributed by atoms with Crippen molar-refractivity contribution >= 4 is 29.1 Å². The van der Waals surface area contributed by atoms with Crippen LogP contribution in [-0.2, 0) is 7.05 Å². The van der Waals surface area contributed by atoms with Gasteiger partial charge in [0.05, 0.1) is 15.6 Å². The molecule has 1 heterocycles. The number of carbonyl (C=O) groups is 1. The third kappa shape index (κ3) is 3.67. The molecule has 0 aliphatic rings. The van der Waals surface area contributed by atoms with E-state index in [1.165, 1.54) is 12.1 Å². The van der Waals surface area contributed by atoms with Crippen molar-refractivity contribution in [2.24, 2.45) is 7.05 Å². The van der Waals surface area contributed by atoms with E-state index in [1.54, 1.807) is 47.3 Å². The highest BCUT2D eigenvalue weighted by atomic mass is 35.5. The maximum absolute atomic E-state index is 13.3. The average Bonchev–Trinajstić information content (AvgIpc) is 3.02. The Morgan fingerprint density at radius 3 is 2.56 bits per heavy atom. The Kier molecular flexibility index (Phi) is 5.06. The highest BCUT2D eigenvalue weighted by Crippen LogP contribution is 2.27. The number of nitrogens with one attached hydrogen (secondary N) is 1. The van der Waals surface area contributed by atoms with E-state index in [4.69, 9.17) is 23.2 Å². The second-order valence-corrected chi connectivity index (χ2v) is 6.24. The van der Waals surface area contributed by atoms with Gasteiger partial charge in [-0.15, -0.1) is 0 Å². The van der Waals surface area contributed by atoms with E-state index in [-0.39, 0.29) is 16.4 Å². The molecule has 1 atom stereocenters. The molecular weight excluding hydrogens is 364 g/mol. The van der Waals surface area contributed by atoms with Crippen molar-refractivity contribution < 1.29 is 9.18 Å². The lowest BCUT2D eigenvalue weighted by atomic mass is 10.1. The Hall–Kier alpha value is -2.37.